The summed E-state index contributed by atoms with van der Waals surface area (Å²) in [4.78, 5) is 11.1. The van der Waals surface area contributed by atoms with Crippen molar-refractivity contribution in [3.63, 3.8) is 0 Å². The summed E-state index contributed by atoms with van der Waals surface area (Å²) >= 11 is 12.0. The van der Waals surface area contributed by atoms with Gasteiger partial charge in [0.05, 0.1) is 5.41 Å². The van der Waals surface area contributed by atoms with Gasteiger partial charge in [-0.15, -0.1) is 6.58 Å². The van der Waals surface area contributed by atoms with Gasteiger partial charge in [0.2, 0.25) is 0 Å². The number of aliphatic carboxylic acids is 1. The Bertz CT molecular complexity index is 409. The van der Waals surface area contributed by atoms with Gasteiger partial charge in [-0.05, 0) is 31.0 Å². The van der Waals surface area contributed by atoms with Crippen molar-refractivity contribution < 1.29 is 9.90 Å². The highest BCUT2D eigenvalue weighted by Gasteiger charge is 2.31. The van der Waals surface area contributed by atoms with E-state index in [0.717, 1.165) is 0 Å². The summed E-state index contributed by atoms with van der Waals surface area (Å²) in [6.07, 6.45) is 1.62. The quantitative estimate of drug-likeness (QED) is 0.834. The molecule has 86 valence electrons. The number of carboxylic acids is 1. The van der Waals surface area contributed by atoms with E-state index in [1.54, 1.807) is 25.1 Å². The number of carboxylic acid groups (broad SMARTS) is 1. The zero-order chi connectivity index (χ0) is 12.3. The number of benzene rings is 1. The lowest BCUT2D eigenvalue weighted by Gasteiger charge is -2.21. The van der Waals surface area contributed by atoms with Crippen molar-refractivity contribution in [1.29, 1.82) is 0 Å². The Balaban J connectivity index is 3.13. The minimum Gasteiger partial charge on any atom is -0.481 e. The van der Waals surface area contributed by atoms with Crippen molar-refractivity contribution in [2.75, 3.05) is 0 Å². The SMILES string of the molecule is C=CC(C)(Cc1c(Cl)cccc1Cl)C(=O)O. The Labute approximate surface area is 104 Å². The molecule has 1 unspecified atom stereocenters. The van der Waals surface area contributed by atoms with Crippen molar-refractivity contribution in [1.82, 2.24) is 0 Å². The fourth-order valence-electron chi connectivity index (χ4n) is 1.30. The van der Waals surface area contributed by atoms with Crippen LogP contribution in [0.25, 0.3) is 0 Å². The van der Waals surface area contributed by atoms with Gasteiger partial charge in [0, 0.05) is 10.0 Å². The van der Waals surface area contributed by atoms with Gasteiger partial charge in [0.15, 0.2) is 0 Å². The second kappa shape index (κ2) is 4.89. The van der Waals surface area contributed by atoms with Gasteiger partial charge in [-0.3, -0.25) is 4.79 Å². The van der Waals surface area contributed by atoms with Crippen molar-refractivity contribution in [3.8, 4) is 0 Å². The lowest BCUT2D eigenvalue weighted by molar-refractivity contribution is -0.145. The van der Waals surface area contributed by atoms with Crippen LogP contribution >= 0.6 is 23.2 Å². The number of rotatable bonds is 4. The molecule has 0 aliphatic rings. The normalized spacial score (nSPS) is 14.2. The summed E-state index contributed by atoms with van der Waals surface area (Å²) in [5.74, 6) is -0.946. The molecule has 0 heterocycles. The Morgan fingerprint density at radius 2 is 2.00 bits per heavy atom. The maximum atomic E-state index is 11.1. The molecule has 0 aromatic heterocycles. The summed E-state index contributed by atoms with van der Waals surface area (Å²) in [7, 11) is 0. The lowest BCUT2D eigenvalue weighted by atomic mass is 9.84. The topological polar surface area (TPSA) is 37.3 Å². The molecular formula is C12H12Cl2O2. The maximum Gasteiger partial charge on any atom is 0.313 e. The number of halogens is 2. The molecule has 1 aromatic carbocycles. The average Bonchev–Trinajstić information content (AvgIpc) is 2.23. The molecule has 0 saturated carbocycles. The minimum absolute atomic E-state index is 0.227. The van der Waals surface area contributed by atoms with Gasteiger partial charge < -0.3 is 5.11 Å². The molecule has 2 nitrogen and oxygen atoms in total. The smallest absolute Gasteiger partial charge is 0.313 e. The molecule has 4 heteroatoms. The highest BCUT2D eigenvalue weighted by atomic mass is 35.5. The minimum atomic E-state index is -1.06. The average molecular weight is 259 g/mol. The standard InChI is InChI=1S/C12H12Cl2O2/c1-3-12(2,11(15)16)7-8-9(13)5-4-6-10(8)14/h3-6H,1,7H2,2H3,(H,15,16). The fraction of sp³-hybridized carbons (Fsp3) is 0.250. The molecule has 1 atom stereocenters. The van der Waals surface area contributed by atoms with Crippen molar-refractivity contribution in [3.05, 3.63) is 46.5 Å². The van der Waals surface area contributed by atoms with Gasteiger partial charge in [-0.2, -0.15) is 0 Å². The van der Waals surface area contributed by atoms with Gasteiger partial charge in [-0.1, -0.05) is 35.3 Å². The molecule has 0 radical (unpaired) electrons. The predicted molar refractivity (Wildman–Crippen MR) is 66.1 cm³/mol. The lowest BCUT2D eigenvalue weighted by Crippen LogP contribution is -2.27. The number of hydrogen-bond donors (Lipinski definition) is 1. The molecule has 0 spiro atoms. The first-order valence-corrected chi connectivity index (χ1v) is 5.46. The zero-order valence-corrected chi connectivity index (χ0v) is 10.3. The Hall–Kier alpha value is -0.990. The van der Waals surface area contributed by atoms with Crippen LogP contribution in [0.15, 0.2) is 30.9 Å². The third-order valence-electron chi connectivity index (χ3n) is 2.54. The zero-order valence-electron chi connectivity index (χ0n) is 8.84. The van der Waals surface area contributed by atoms with E-state index >= 15 is 0 Å². The summed E-state index contributed by atoms with van der Waals surface area (Å²) < 4.78 is 0. The molecule has 1 rings (SSSR count). The molecule has 16 heavy (non-hydrogen) atoms. The van der Waals surface area contributed by atoms with Crippen LogP contribution in [0, 0.1) is 5.41 Å². The molecule has 0 saturated heterocycles. The van der Waals surface area contributed by atoms with Crippen molar-refractivity contribution in [2.45, 2.75) is 13.3 Å². The summed E-state index contributed by atoms with van der Waals surface area (Å²) in [5, 5.41) is 10.1. The second-order valence-electron chi connectivity index (χ2n) is 3.80. The van der Waals surface area contributed by atoms with Crippen LogP contribution < -0.4 is 0 Å². The first-order valence-electron chi connectivity index (χ1n) is 4.70. The largest absolute Gasteiger partial charge is 0.481 e. The molecule has 0 aliphatic carbocycles. The molecular weight excluding hydrogens is 247 g/mol. The molecule has 0 amide bonds. The van der Waals surface area contributed by atoms with E-state index in [1.807, 2.05) is 0 Å². The van der Waals surface area contributed by atoms with Crippen LogP contribution in [0.4, 0.5) is 0 Å². The molecule has 1 aromatic rings. The van der Waals surface area contributed by atoms with Gasteiger partial charge in [-0.25, -0.2) is 0 Å². The van der Waals surface area contributed by atoms with Crippen LogP contribution in [-0.4, -0.2) is 11.1 Å². The van der Waals surface area contributed by atoms with E-state index in [4.69, 9.17) is 28.3 Å². The first kappa shape index (κ1) is 13.1. The van der Waals surface area contributed by atoms with E-state index in [2.05, 4.69) is 6.58 Å². The van der Waals surface area contributed by atoms with Crippen LogP contribution in [-0.2, 0) is 11.2 Å². The third-order valence-corrected chi connectivity index (χ3v) is 3.25. The van der Waals surface area contributed by atoms with Gasteiger partial charge >= 0.3 is 5.97 Å². The Morgan fingerprint density at radius 1 is 1.50 bits per heavy atom. The molecule has 0 fully saturated rings. The summed E-state index contributed by atoms with van der Waals surface area (Å²) in [5.41, 5.74) is -0.426. The monoisotopic (exact) mass is 258 g/mol. The van der Waals surface area contributed by atoms with E-state index in [0.29, 0.717) is 15.6 Å². The van der Waals surface area contributed by atoms with Crippen molar-refractivity contribution in [2.24, 2.45) is 5.41 Å². The Kier molecular flexibility index (Phi) is 4.00. The maximum absolute atomic E-state index is 11.1. The fourth-order valence-corrected chi connectivity index (χ4v) is 1.83. The summed E-state index contributed by atoms with van der Waals surface area (Å²) in [6.45, 7) is 5.13. The van der Waals surface area contributed by atoms with Crippen LogP contribution in [0.5, 0.6) is 0 Å². The highest BCUT2D eigenvalue weighted by Crippen LogP contribution is 2.32. The number of hydrogen-bond acceptors (Lipinski definition) is 1. The van der Waals surface area contributed by atoms with Crippen LogP contribution in [0.2, 0.25) is 10.0 Å². The van der Waals surface area contributed by atoms with Crippen molar-refractivity contribution >= 4 is 29.2 Å². The predicted octanol–water partition coefficient (Wildman–Crippen LogP) is 3.81. The van der Waals surface area contributed by atoms with E-state index in [1.165, 1.54) is 6.08 Å². The number of carbonyl (C=O) groups is 1. The van der Waals surface area contributed by atoms with Crippen LogP contribution in [0.1, 0.15) is 12.5 Å². The van der Waals surface area contributed by atoms with Crippen LogP contribution in [0.3, 0.4) is 0 Å². The highest BCUT2D eigenvalue weighted by molar-refractivity contribution is 6.36. The third kappa shape index (κ3) is 2.57. The molecule has 0 bridgehead atoms. The molecule has 0 aliphatic heterocycles. The van der Waals surface area contributed by atoms with E-state index < -0.39 is 11.4 Å². The van der Waals surface area contributed by atoms with Gasteiger partial charge in [0.1, 0.15) is 0 Å². The Morgan fingerprint density at radius 3 is 2.38 bits per heavy atom. The molecule has 1 N–H and O–H groups in total. The van der Waals surface area contributed by atoms with E-state index in [-0.39, 0.29) is 6.42 Å². The second-order valence-corrected chi connectivity index (χ2v) is 4.62. The first-order chi connectivity index (χ1) is 7.40. The van der Waals surface area contributed by atoms with Gasteiger partial charge in [0.25, 0.3) is 0 Å². The summed E-state index contributed by atoms with van der Waals surface area (Å²) in [6, 6.07) is 5.10. The van der Waals surface area contributed by atoms with E-state index in [9.17, 15) is 4.79 Å².